The van der Waals surface area contributed by atoms with Gasteiger partial charge < -0.3 is 9.47 Å². The van der Waals surface area contributed by atoms with Gasteiger partial charge in [0.25, 0.3) is 0 Å². The summed E-state index contributed by atoms with van der Waals surface area (Å²) in [6.07, 6.45) is 6.68. The summed E-state index contributed by atoms with van der Waals surface area (Å²) in [7, 11) is 0. The van der Waals surface area contributed by atoms with Crippen molar-refractivity contribution in [3.63, 3.8) is 0 Å². The number of esters is 4. The molecule has 1 aromatic carbocycles. The summed E-state index contributed by atoms with van der Waals surface area (Å²) in [6, 6.07) is 9.50. The van der Waals surface area contributed by atoms with Crippen molar-refractivity contribution >= 4 is 30.0 Å². The molecule has 3 rings (SSSR count). The average Bonchev–Trinajstić information content (AvgIpc) is 3.03. The molecule has 0 aromatic heterocycles. The van der Waals surface area contributed by atoms with Crippen LogP contribution in [0.3, 0.4) is 0 Å². The molecule has 2 aliphatic heterocycles. The van der Waals surface area contributed by atoms with Gasteiger partial charge in [0.15, 0.2) is 0 Å². The molecule has 0 radical (unpaired) electrons. The molecule has 0 N–H and O–H groups in total. The third kappa shape index (κ3) is 4.38. The van der Waals surface area contributed by atoms with Crippen LogP contribution in [0, 0.1) is 0 Å². The summed E-state index contributed by atoms with van der Waals surface area (Å²) in [5.74, 6) is -2.35. The minimum atomic E-state index is -0.604. The van der Waals surface area contributed by atoms with E-state index in [1.54, 1.807) is 12.2 Å². The summed E-state index contributed by atoms with van der Waals surface area (Å²) >= 11 is 0. The fourth-order valence-corrected chi connectivity index (χ4v) is 1.54. The lowest BCUT2D eigenvalue weighted by molar-refractivity contribution is -0.152. The molecule has 2 heterocycles. The minimum Gasteiger partial charge on any atom is -0.387 e. The van der Waals surface area contributed by atoms with Crippen molar-refractivity contribution in [2.45, 2.75) is 0 Å². The van der Waals surface area contributed by atoms with Gasteiger partial charge in [-0.3, -0.25) is 0 Å². The van der Waals surface area contributed by atoms with E-state index in [0.717, 1.165) is 17.7 Å². The molecule has 0 aliphatic carbocycles. The molecule has 6 heteroatoms. The van der Waals surface area contributed by atoms with Crippen LogP contribution in [-0.4, -0.2) is 23.9 Å². The van der Waals surface area contributed by atoms with Crippen LogP contribution in [0.4, 0.5) is 0 Å². The Morgan fingerprint density at radius 3 is 1.82 bits per heavy atom. The molecular formula is C16H10O6. The Kier molecular flexibility index (Phi) is 4.77. The zero-order valence-corrected chi connectivity index (χ0v) is 11.2. The maximum atomic E-state index is 11.0. The van der Waals surface area contributed by atoms with E-state index in [9.17, 15) is 19.2 Å². The molecule has 0 spiro atoms. The topological polar surface area (TPSA) is 86.7 Å². The van der Waals surface area contributed by atoms with Crippen LogP contribution in [0.1, 0.15) is 5.56 Å². The van der Waals surface area contributed by atoms with Gasteiger partial charge in [-0.2, -0.15) is 0 Å². The standard InChI is InChI=1S/C12H8O3.C4H2O3/c13-11-8-10(12(14)15-11)7-6-9-4-2-1-3-5-9;5-3-1-2-4(6)7-3/h1-8H;1-2H. The Morgan fingerprint density at radius 2 is 1.36 bits per heavy atom. The van der Waals surface area contributed by atoms with Crippen molar-refractivity contribution in [2.75, 3.05) is 0 Å². The quantitative estimate of drug-likeness (QED) is 0.605. The highest BCUT2D eigenvalue weighted by atomic mass is 16.6. The fourth-order valence-electron chi connectivity index (χ4n) is 1.54. The summed E-state index contributed by atoms with van der Waals surface area (Å²) in [6.45, 7) is 0. The van der Waals surface area contributed by atoms with E-state index in [4.69, 9.17) is 0 Å². The van der Waals surface area contributed by atoms with Gasteiger partial charge in [0.05, 0.1) is 5.57 Å². The molecule has 0 unspecified atom stereocenters. The van der Waals surface area contributed by atoms with Crippen molar-refractivity contribution < 1.29 is 28.7 Å². The van der Waals surface area contributed by atoms with Crippen LogP contribution in [-0.2, 0) is 28.7 Å². The highest BCUT2D eigenvalue weighted by Crippen LogP contribution is 2.11. The summed E-state index contributed by atoms with van der Waals surface area (Å²) in [5.41, 5.74) is 1.24. The number of cyclic esters (lactones) is 4. The molecule has 0 saturated heterocycles. The Bertz CT molecular complexity index is 693. The van der Waals surface area contributed by atoms with E-state index in [-0.39, 0.29) is 5.57 Å². The van der Waals surface area contributed by atoms with Crippen LogP contribution >= 0.6 is 0 Å². The maximum absolute atomic E-state index is 11.0. The summed E-state index contributed by atoms with van der Waals surface area (Å²) < 4.78 is 8.31. The molecule has 1 aromatic rings. The maximum Gasteiger partial charge on any atom is 0.346 e. The number of carbonyl (C=O) groups excluding carboxylic acids is 4. The largest absolute Gasteiger partial charge is 0.387 e. The van der Waals surface area contributed by atoms with Crippen LogP contribution in [0.15, 0.2) is 60.2 Å². The minimum absolute atomic E-state index is 0.281. The second kappa shape index (κ2) is 6.94. The van der Waals surface area contributed by atoms with Gasteiger partial charge >= 0.3 is 23.9 Å². The molecule has 0 amide bonds. The van der Waals surface area contributed by atoms with Gasteiger partial charge in [-0.05, 0) is 11.6 Å². The predicted octanol–water partition coefficient (Wildman–Crippen LogP) is 1.34. The van der Waals surface area contributed by atoms with E-state index in [0.29, 0.717) is 0 Å². The lowest BCUT2D eigenvalue weighted by Crippen LogP contribution is -2.00. The first-order valence-electron chi connectivity index (χ1n) is 6.19. The van der Waals surface area contributed by atoms with Crippen LogP contribution in [0.2, 0.25) is 0 Å². The highest BCUT2D eigenvalue weighted by Gasteiger charge is 2.20. The molecule has 0 atom stereocenters. The monoisotopic (exact) mass is 298 g/mol. The number of carbonyl (C=O) groups is 4. The zero-order chi connectivity index (χ0) is 15.9. The SMILES string of the molecule is O=C1C=C(C=Cc2ccccc2)C(=O)O1.O=C1C=CC(=O)O1. The van der Waals surface area contributed by atoms with Crippen molar-refractivity contribution in [1.82, 2.24) is 0 Å². The second-order valence-corrected chi connectivity index (χ2v) is 4.13. The molecule has 22 heavy (non-hydrogen) atoms. The van der Waals surface area contributed by atoms with E-state index in [1.165, 1.54) is 6.08 Å². The second-order valence-electron chi connectivity index (χ2n) is 4.13. The lowest BCUT2D eigenvalue weighted by atomic mass is 10.1. The van der Waals surface area contributed by atoms with Gasteiger partial charge in [-0.25, -0.2) is 19.2 Å². The van der Waals surface area contributed by atoms with Crippen LogP contribution in [0.5, 0.6) is 0 Å². The molecule has 110 valence electrons. The van der Waals surface area contributed by atoms with Crippen molar-refractivity contribution in [1.29, 1.82) is 0 Å². The molecule has 2 aliphatic rings. The van der Waals surface area contributed by atoms with Gasteiger partial charge in [0.1, 0.15) is 0 Å². The number of benzene rings is 1. The van der Waals surface area contributed by atoms with Crippen molar-refractivity contribution in [2.24, 2.45) is 0 Å². The van der Waals surface area contributed by atoms with E-state index >= 15 is 0 Å². The average molecular weight is 298 g/mol. The Balaban J connectivity index is 0.000000211. The molecular weight excluding hydrogens is 288 g/mol. The first-order valence-corrected chi connectivity index (χ1v) is 6.19. The summed E-state index contributed by atoms with van der Waals surface area (Å²) in [4.78, 5) is 41.6. The normalized spacial score (nSPS) is 16.3. The summed E-state index contributed by atoms with van der Waals surface area (Å²) in [5, 5.41) is 0. The molecule has 6 nitrogen and oxygen atoms in total. The van der Waals surface area contributed by atoms with Crippen molar-refractivity contribution in [3.8, 4) is 0 Å². The Hall–Kier alpha value is -3.28. The highest BCUT2D eigenvalue weighted by molar-refractivity contribution is 6.11. The number of rotatable bonds is 2. The van der Waals surface area contributed by atoms with Crippen LogP contribution in [0.25, 0.3) is 6.08 Å². The fraction of sp³-hybridized carbons (Fsp3) is 0. The predicted molar refractivity (Wildman–Crippen MR) is 74.9 cm³/mol. The van der Waals surface area contributed by atoms with Gasteiger partial charge in [0.2, 0.25) is 0 Å². The van der Waals surface area contributed by atoms with E-state index in [2.05, 4.69) is 9.47 Å². The number of ether oxygens (including phenoxy) is 2. The van der Waals surface area contributed by atoms with Gasteiger partial charge in [0, 0.05) is 18.2 Å². The van der Waals surface area contributed by atoms with E-state index in [1.807, 2.05) is 30.3 Å². The molecule has 0 bridgehead atoms. The zero-order valence-electron chi connectivity index (χ0n) is 11.2. The van der Waals surface area contributed by atoms with Crippen molar-refractivity contribution in [3.05, 3.63) is 65.8 Å². The molecule has 0 fully saturated rings. The van der Waals surface area contributed by atoms with E-state index < -0.39 is 23.9 Å². The molecule has 0 saturated carbocycles. The number of hydrogen-bond acceptors (Lipinski definition) is 6. The Morgan fingerprint density at radius 1 is 0.727 bits per heavy atom. The smallest absolute Gasteiger partial charge is 0.346 e. The van der Waals surface area contributed by atoms with Gasteiger partial charge in [-0.1, -0.05) is 36.4 Å². The number of hydrogen-bond donors (Lipinski definition) is 0. The van der Waals surface area contributed by atoms with Crippen LogP contribution < -0.4 is 0 Å². The third-order valence-corrected chi connectivity index (χ3v) is 2.51. The Labute approximate surface area is 125 Å². The first-order chi connectivity index (χ1) is 10.5. The third-order valence-electron chi connectivity index (χ3n) is 2.51. The lowest BCUT2D eigenvalue weighted by Gasteiger charge is -1.91. The van der Waals surface area contributed by atoms with Gasteiger partial charge in [-0.15, -0.1) is 0 Å². The first kappa shape index (κ1) is 15.1.